The predicted molar refractivity (Wildman–Crippen MR) is 97.2 cm³/mol. The van der Waals surface area contributed by atoms with Crippen LogP contribution in [0.4, 0.5) is 0 Å². The van der Waals surface area contributed by atoms with Crippen LogP contribution in [0.25, 0.3) is 0 Å². The molecular weight excluding hydrogens is 324 g/mol. The van der Waals surface area contributed by atoms with E-state index in [1.54, 1.807) is 0 Å². The van der Waals surface area contributed by atoms with E-state index < -0.39 is 0 Å². The molecule has 24 heavy (non-hydrogen) atoms. The minimum absolute atomic E-state index is 0.270. The number of hydrogen-bond acceptors (Lipinski definition) is 4. The maximum atomic E-state index is 12.5. The molecular formula is C18H27ClN4O. The van der Waals surface area contributed by atoms with Gasteiger partial charge >= 0.3 is 0 Å². The summed E-state index contributed by atoms with van der Waals surface area (Å²) in [6, 6.07) is 8.46. The summed E-state index contributed by atoms with van der Waals surface area (Å²) in [5.74, 6) is 0.270. The highest BCUT2D eigenvalue weighted by Crippen LogP contribution is 2.14. The maximum absolute atomic E-state index is 12.5. The SMILES string of the molecule is C[C@H]1CNCCN1CC(=O)N1CCN(Cc2cccc(Cl)c2)CC1. The molecule has 2 saturated heterocycles. The van der Waals surface area contributed by atoms with Crippen molar-refractivity contribution < 1.29 is 4.79 Å². The molecule has 0 aliphatic carbocycles. The van der Waals surface area contributed by atoms with Crippen LogP contribution in [0.3, 0.4) is 0 Å². The van der Waals surface area contributed by atoms with Gasteiger partial charge in [0.2, 0.25) is 5.91 Å². The predicted octanol–water partition coefficient (Wildman–Crippen LogP) is 1.28. The van der Waals surface area contributed by atoms with Crippen molar-refractivity contribution in [3.05, 3.63) is 34.9 Å². The van der Waals surface area contributed by atoms with Crippen molar-refractivity contribution in [1.29, 1.82) is 0 Å². The van der Waals surface area contributed by atoms with E-state index in [0.717, 1.165) is 57.4 Å². The summed E-state index contributed by atoms with van der Waals surface area (Å²) in [7, 11) is 0. The molecule has 2 aliphatic heterocycles. The Morgan fingerprint density at radius 2 is 2.04 bits per heavy atom. The van der Waals surface area contributed by atoms with Gasteiger partial charge in [-0.15, -0.1) is 0 Å². The largest absolute Gasteiger partial charge is 0.339 e. The van der Waals surface area contributed by atoms with Gasteiger partial charge in [0.1, 0.15) is 0 Å². The van der Waals surface area contributed by atoms with Gasteiger partial charge in [-0.25, -0.2) is 0 Å². The third-order valence-corrected chi connectivity index (χ3v) is 5.23. The second-order valence-corrected chi connectivity index (χ2v) is 7.25. The summed E-state index contributed by atoms with van der Waals surface area (Å²) in [5.41, 5.74) is 1.23. The van der Waals surface area contributed by atoms with Gasteiger partial charge in [0.15, 0.2) is 0 Å². The molecule has 0 saturated carbocycles. The van der Waals surface area contributed by atoms with Crippen molar-refractivity contribution in [2.24, 2.45) is 0 Å². The Labute approximate surface area is 149 Å². The topological polar surface area (TPSA) is 38.8 Å². The molecule has 0 aromatic heterocycles. The van der Waals surface area contributed by atoms with E-state index in [4.69, 9.17) is 11.6 Å². The monoisotopic (exact) mass is 350 g/mol. The van der Waals surface area contributed by atoms with Crippen LogP contribution in [0, 0.1) is 0 Å². The smallest absolute Gasteiger partial charge is 0.236 e. The van der Waals surface area contributed by atoms with Crippen molar-refractivity contribution in [2.75, 3.05) is 52.4 Å². The second kappa shape index (κ2) is 8.30. The zero-order valence-electron chi connectivity index (χ0n) is 14.4. The highest BCUT2D eigenvalue weighted by molar-refractivity contribution is 6.30. The van der Waals surface area contributed by atoms with E-state index in [0.29, 0.717) is 12.6 Å². The average molecular weight is 351 g/mol. The lowest BCUT2D eigenvalue weighted by Gasteiger charge is -2.38. The molecule has 2 heterocycles. The van der Waals surface area contributed by atoms with Gasteiger partial charge in [0.05, 0.1) is 6.54 Å². The fourth-order valence-electron chi connectivity index (χ4n) is 3.44. The van der Waals surface area contributed by atoms with Crippen LogP contribution in [0.5, 0.6) is 0 Å². The van der Waals surface area contributed by atoms with Crippen LogP contribution in [0.1, 0.15) is 12.5 Å². The van der Waals surface area contributed by atoms with Crippen molar-refractivity contribution >= 4 is 17.5 Å². The minimum atomic E-state index is 0.270. The molecule has 1 aromatic carbocycles. The van der Waals surface area contributed by atoms with Gasteiger partial charge in [-0.1, -0.05) is 23.7 Å². The molecule has 0 bridgehead atoms. The molecule has 2 fully saturated rings. The van der Waals surface area contributed by atoms with Gasteiger partial charge in [0.25, 0.3) is 0 Å². The van der Waals surface area contributed by atoms with Crippen LogP contribution >= 0.6 is 11.6 Å². The van der Waals surface area contributed by atoms with Crippen molar-refractivity contribution in [3.63, 3.8) is 0 Å². The maximum Gasteiger partial charge on any atom is 0.236 e. The number of carbonyl (C=O) groups is 1. The van der Waals surface area contributed by atoms with E-state index in [-0.39, 0.29) is 5.91 Å². The number of halogens is 1. The molecule has 1 amide bonds. The van der Waals surface area contributed by atoms with Crippen molar-refractivity contribution in [3.8, 4) is 0 Å². The number of carbonyl (C=O) groups excluding carboxylic acids is 1. The zero-order valence-corrected chi connectivity index (χ0v) is 15.1. The second-order valence-electron chi connectivity index (χ2n) is 6.81. The molecule has 2 aliphatic rings. The Hall–Kier alpha value is -1.14. The van der Waals surface area contributed by atoms with Crippen molar-refractivity contribution in [2.45, 2.75) is 19.5 Å². The molecule has 1 aromatic rings. The molecule has 132 valence electrons. The van der Waals surface area contributed by atoms with Gasteiger partial charge < -0.3 is 10.2 Å². The standard InChI is InChI=1S/C18H27ClN4O/c1-15-12-20-5-6-23(15)14-18(24)22-9-7-21(8-10-22)13-16-3-2-4-17(19)11-16/h2-4,11,15,20H,5-10,12-14H2,1H3/t15-/m0/s1. The fourth-order valence-corrected chi connectivity index (χ4v) is 3.65. The van der Waals surface area contributed by atoms with Gasteiger partial charge in [0, 0.05) is 63.4 Å². The first-order chi connectivity index (χ1) is 11.6. The first-order valence-electron chi connectivity index (χ1n) is 8.81. The summed E-state index contributed by atoms with van der Waals surface area (Å²) < 4.78 is 0. The van der Waals surface area contributed by atoms with Crippen molar-refractivity contribution in [1.82, 2.24) is 20.0 Å². The molecule has 0 radical (unpaired) electrons. The highest BCUT2D eigenvalue weighted by atomic mass is 35.5. The van der Waals surface area contributed by atoms with E-state index in [1.165, 1.54) is 5.56 Å². The number of hydrogen-bond donors (Lipinski definition) is 1. The molecule has 3 rings (SSSR count). The third kappa shape index (κ3) is 4.70. The molecule has 6 heteroatoms. The first kappa shape index (κ1) is 17.7. The summed E-state index contributed by atoms with van der Waals surface area (Å²) in [6.07, 6.45) is 0. The van der Waals surface area contributed by atoms with Gasteiger partial charge in [-0.3, -0.25) is 14.6 Å². The summed E-state index contributed by atoms with van der Waals surface area (Å²) in [6.45, 7) is 10.0. The summed E-state index contributed by atoms with van der Waals surface area (Å²) in [5, 5.41) is 4.15. The Balaban J connectivity index is 1.45. The van der Waals surface area contributed by atoms with Crippen LogP contribution in [0.15, 0.2) is 24.3 Å². The van der Waals surface area contributed by atoms with Crippen LogP contribution in [-0.4, -0.2) is 79.0 Å². The molecule has 1 N–H and O–H groups in total. The number of rotatable bonds is 4. The third-order valence-electron chi connectivity index (χ3n) is 5.00. The Bertz CT molecular complexity index is 560. The number of benzene rings is 1. The zero-order chi connectivity index (χ0) is 16.9. The Morgan fingerprint density at radius 3 is 2.75 bits per heavy atom. The van der Waals surface area contributed by atoms with E-state index in [9.17, 15) is 4.79 Å². The van der Waals surface area contributed by atoms with E-state index >= 15 is 0 Å². The fraction of sp³-hybridized carbons (Fsp3) is 0.611. The highest BCUT2D eigenvalue weighted by Gasteiger charge is 2.25. The number of piperazine rings is 2. The molecule has 0 spiro atoms. The average Bonchev–Trinajstić information content (AvgIpc) is 2.57. The minimum Gasteiger partial charge on any atom is -0.339 e. The number of nitrogens with one attached hydrogen (secondary N) is 1. The molecule has 0 unspecified atom stereocenters. The molecule has 5 nitrogen and oxygen atoms in total. The quantitative estimate of drug-likeness (QED) is 0.888. The first-order valence-corrected chi connectivity index (χ1v) is 9.19. The number of amides is 1. The normalized spacial score (nSPS) is 23.4. The van der Waals surface area contributed by atoms with E-state index in [2.05, 4.69) is 28.1 Å². The summed E-state index contributed by atoms with van der Waals surface area (Å²) >= 11 is 6.05. The molecule has 1 atom stereocenters. The van der Waals surface area contributed by atoms with Gasteiger partial charge in [-0.2, -0.15) is 0 Å². The van der Waals surface area contributed by atoms with E-state index in [1.807, 2.05) is 23.1 Å². The Kier molecular flexibility index (Phi) is 6.11. The lowest BCUT2D eigenvalue weighted by atomic mass is 10.2. The van der Waals surface area contributed by atoms with Crippen LogP contribution in [0.2, 0.25) is 5.02 Å². The van der Waals surface area contributed by atoms with Gasteiger partial charge in [-0.05, 0) is 24.6 Å². The number of nitrogens with zero attached hydrogens (tertiary/aromatic N) is 3. The van der Waals surface area contributed by atoms with Crippen LogP contribution in [-0.2, 0) is 11.3 Å². The lowest BCUT2D eigenvalue weighted by molar-refractivity contribution is -0.135. The Morgan fingerprint density at radius 1 is 1.25 bits per heavy atom. The summed E-state index contributed by atoms with van der Waals surface area (Å²) in [4.78, 5) is 19.2. The van der Waals surface area contributed by atoms with Crippen LogP contribution < -0.4 is 5.32 Å². The lowest BCUT2D eigenvalue weighted by Crippen LogP contribution is -2.55.